The first-order valence-electron chi connectivity index (χ1n) is 44.9. The van der Waals surface area contributed by atoms with E-state index in [4.69, 9.17) is 28.4 Å². The highest BCUT2D eigenvalue weighted by Gasteiger charge is 2.55. The first-order valence-corrected chi connectivity index (χ1v) is 44.9. The molecular formula is C95H109F17N12O12. The number of piperidine rings is 4. The Morgan fingerprint density at radius 1 is 0.390 bits per heavy atom. The number of methoxy groups -OCH3 is 4. The van der Waals surface area contributed by atoms with E-state index in [1.54, 1.807) is 89.4 Å². The second kappa shape index (κ2) is 39.9. The summed E-state index contributed by atoms with van der Waals surface area (Å²) in [6, 6.07) is 29.1. The minimum atomic E-state index is -4.97. The Hall–Kier alpha value is -10.9. The third-order valence-electron chi connectivity index (χ3n) is 28.0. The molecule has 41 heteroatoms. The van der Waals surface area contributed by atoms with Crippen LogP contribution in [0.1, 0.15) is 181 Å². The van der Waals surface area contributed by atoms with Gasteiger partial charge in [-0.25, -0.2) is 8.78 Å². The molecule has 0 unspecified atom stereocenters. The maximum absolute atomic E-state index is 14.9. The molecule has 4 saturated heterocycles. The average Bonchev–Trinajstić information content (AvgIpc) is 1.55. The molecule has 1 saturated carbocycles. The summed E-state index contributed by atoms with van der Waals surface area (Å²) in [7, 11) is 11.7. The number of nitrogens with zero attached hydrogens (tertiary/aromatic N) is 12. The molecule has 4 aromatic heterocycles. The van der Waals surface area contributed by atoms with Crippen LogP contribution in [0.4, 0.5) is 74.6 Å². The topological polar surface area (TPSA) is 196 Å². The van der Waals surface area contributed by atoms with Crippen LogP contribution in [0.5, 0.6) is 28.7 Å². The number of fused-ring (bicyclic) bond motifs is 8. The SMILES string of the molecule is CN1CCn2c(C(=O)C(F)(F)F)ccc2C12CCN(C(=O)c1ccc(OC(F)(F)F)cc1)CC2.CN1CCn2c(C(F)(F)F)cc(F)c2C12CCN(C(=O)c1ccc(C3CC3)cc1)CC2.COCCN1CCn2c(C(F)(F)F)ccc2C12CCN(C(=O)c1ccc(OC(C)C)c(OC)c1)CC2.COCCOc1ccc(C(=O)N2CCC3(CC2)c2c(F)cc(C(F)(F)F)n2CCN3C)cc1OC. The largest absolute Gasteiger partial charge is 0.573 e. The summed E-state index contributed by atoms with van der Waals surface area (Å²) in [5.41, 5.74) is -1.44. The van der Waals surface area contributed by atoms with Crippen LogP contribution in [0.2, 0.25) is 0 Å². The van der Waals surface area contributed by atoms with Crippen LogP contribution in [0.3, 0.4) is 0 Å². The highest BCUT2D eigenvalue weighted by molar-refractivity contribution is 5.99. The monoisotopic (exact) mass is 1930 g/mol. The van der Waals surface area contributed by atoms with Crippen molar-refractivity contribution in [3.05, 3.63) is 206 Å². The number of benzene rings is 4. The van der Waals surface area contributed by atoms with Crippen LogP contribution in [0.15, 0.2) is 121 Å². The number of hydrogen-bond donors (Lipinski definition) is 0. The second-order valence-corrected chi connectivity index (χ2v) is 35.8. The van der Waals surface area contributed by atoms with Crippen LogP contribution in [-0.2, 0) is 76.3 Å². The zero-order chi connectivity index (χ0) is 98.3. The molecule has 17 rings (SSSR count). The first kappa shape index (κ1) is 101. The Morgan fingerprint density at radius 2 is 0.779 bits per heavy atom. The van der Waals surface area contributed by atoms with E-state index in [2.05, 4.69) is 9.64 Å². The molecule has 12 heterocycles. The Morgan fingerprint density at radius 3 is 1.21 bits per heavy atom. The maximum atomic E-state index is 14.9. The molecule has 0 bridgehead atoms. The van der Waals surface area contributed by atoms with E-state index in [9.17, 15) is 98.6 Å². The molecule has 1 aliphatic carbocycles. The number of rotatable bonds is 18. The number of carbonyl (C=O) groups excluding carboxylic acids is 5. The lowest BCUT2D eigenvalue weighted by atomic mass is 9.81. The number of likely N-dealkylation sites (N-methyl/N-ethyl adjacent to an activating group) is 3. The van der Waals surface area contributed by atoms with Gasteiger partial charge in [-0.3, -0.25) is 43.6 Å². The van der Waals surface area contributed by atoms with E-state index >= 15 is 0 Å². The molecule has 9 aliphatic rings. The minimum absolute atomic E-state index is 0.0351. The van der Waals surface area contributed by atoms with Gasteiger partial charge in [-0.05, 0) is 208 Å². The quantitative estimate of drug-likeness (QED) is 0.0446. The Bertz CT molecular complexity index is 5590. The summed E-state index contributed by atoms with van der Waals surface area (Å²) < 4.78 is 269. The van der Waals surface area contributed by atoms with Crippen molar-refractivity contribution in [2.75, 3.05) is 154 Å². The Balaban J connectivity index is 0.000000145. The molecule has 0 atom stereocenters. The van der Waals surface area contributed by atoms with Crippen LogP contribution in [0.25, 0.3) is 0 Å². The molecule has 0 radical (unpaired) electrons. The predicted molar refractivity (Wildman–Crippen MR) is 462 cm³/mol. The van der Waals surface area contributed by atoms with Crippen molar-refractivity contribution in [2.24, 2.45) is 0 Å². The molecule has 4 aromatic carbocycles. The van der Waals surface area contributed by atoms with Crippen molar-refractivity contribution in [3.63, 3.8) is 0 Å². The fourth-order valence-electron chi connectivity index (χ4n) is 20.7. The highest BCUT2D eigenvalue weighted by Crippen LogP contribution is 2.52. The Labute approximate surface area is 774 Å². The molecule has 136 heavy (non-hydrogen) atoms. The smallest absolute Gasteiger partial charge is 0.493 e. The summed E-state index contributed by atoms with van der Waals surface area (Å²) in [6.07, 6.45) is -17.7. The molecule has 8 aromatic rings. The van der Waals surface area contributed by atoms with Gasteiger partial charge in [0.25, 0.3) is 29.4 Å². The third-order valence-corrected chi connectivity index (χ3v) is 28.0. The normalized spacial score (nSPS) is 18.9. The lowest BCUT2D eigenvalue weighted by Gasteiger charge is -2.52. The lowest BCUT2D eigenvalue weighted by Crippen LogP contribution is -2.58. The van der Waals surface area contributed by atoms with Gasteiger partial charge in [0, 0.05) is 171 Å². The molecule has 740 valence electrons. The highest BCUT2D eigenvalue weighted by atomic mass is 19.4. The van der Waals surface area contributed by atoms with Crippen molar-refractivity contribution in [2.45, 2.75) is 169 Å². The fourth-order valence-corrected chi connectivity index (χ4v) is 20.7. The molecule has 5 fully saturated rings. The van der Waals surface area contributed by atoms with Crippen molar-refractivity contribution in [1.82, 2.24) is 57.5 Å². The van der Waals surface area contributed by atoms with E-state index in [0.29, 0.717) is 199 Å². The summed E-state index contributed by atoms with van der Waals surface area (Å²) in [5.74, 6) is -2.22. The average molecular weight is 1930 g/mol. The summed E-state index contributed by atoms with van der Waals surface area (Å²) in [6.45, 7) is 10.8. The molecule has 4 amide bonds. The molecule has 0 N–H and O–H groups in total. The lowest BCUT2D eigenvalue weighted by molar-refractivity contribution is -0.274. The van der Waals surface area contributed by atoms with Gasteiger partial charge in [-0.2, -0.15) is 52.7 Å². The van der Waals surface area contributed by atoms with Gasteiger partial charge in [0.1, 0.15) is 41.1 Å². The zero-order valence-electron chi connectivity index (χ0n) is 76.6. The van der Waals surface area contributed by atoms with Crippen LogP contribution in [-0.4, -0.2) is 260 Å². The van der Waals surface area contributed by atoms with E-state index < -0.39 is 99.2 Å². The number of Topliss-reactive ketones (excluding diaryl/α,β-unsaturated/α-hetero) is 1. The minimum Gasteiger partial charge on any atom is -0.493 e. The zero-order valence-corrected chi connectivity index (χ0v) is 76.6. The van der Waals surface area contributed by atoms with Gasteiger partial charge in [0.05, 0.1) is 72.8 Å². The number of aromatic nitrogens is 4. The van der Waals surface area contributed by atoms with Gasteiger partial charge in [0.2, 0.25) is 0 Å². The number of carbonyl (C=O) groups is 5. The second-order valence-electron chi connectivity index (χ2n) is 35.8. The number of amides is 4. The van der Waals surface area contributed by atoms with Gasteiger partial charge >= 0.3 is 31.1 Å². The van der Waals surface area contributed by atoms with Gasteiger partial charge < -0.3 is 71.0 Å². The Kier molecular flexibility index (Phi) is 29.7. The third kappa shape index (κ3) is 20.7. The predicted octanol–water partition coefficient (Wildman–Crippen LogP) is 17.0. The number of ether oxygens (including phenoxy) is 7. The van der Waals surface area contributed by atoms with Crippen molar-refractivity contribution >= 4 is 29.4 Å². The van der Waals surface area contributed by atoms with Gasteiger partial charge in [-0.1, -0.05) is 12.1 Å². The molecule has 24 nitrogen and oxygen atoms in total. The van der Waals surface area contributed by atoms with Crippen molar-refractivity contribution < 1.29 is 132 Å². The number of halogens is 17. The van der Waals surface area contributed by atoms with E-state index in [-0.39, 0.29) is 99.0 Å². The van der Waals surface area contributed by atoms with Gasteiger partial charge in [-0.15, -0.1) is 13.2 Å². The molecule has 4 spiro atoms. The maximum Gasteiger partial charge on any atom is 0.573 e. The number of ketones is 1. The van der Waals surface area contributed by atoms with Crippen LogP contribution >= 0.6 is 0 Å². The summed E-state index contributed by atoms with van der Waals surface area (Å²) in [4.78, 5) is 79.1. The summed E-state index contributed by atoms with van der Waals surface area (Å²) in [5, 5.41) is 0. The standard InChI is InChI=1S/C26H34F3N3O4.C24H29F4N3O4.C23H25F4N3O.C22H21F6N3O3/c1-18(2)36-20-6-5-19(17-21(20)35-4)24(33)30-11-9-25(10-12-30)22-7-8-23(26(27,28)29)32(22)14-13-31(25)15-16-34-3;1-29-10-11-31-20(24(26,27)28)15-17(25)21(31)23(29)6-8-30(9-7-23)22(32)16-4-5-18(19(14-16)34-3)35-13-12-33-2;1-28-12-13-30-19(23(25,26)27)14-18(24)20(30)22(28)8-10-29(11-9-22)21(31)17-6-4-16(5-7-17)15-2-3-15;1-29-12-13-31-16(18(32)21(23,24)25)6-7-17(31)20(29)8-10-30(11-9-20)19(33)14-2-4-15(5-3-14)34-22(26,27)28/h5-8,17-18H,9-16H2,1-4H3;4-5,14-15H,6-13H2,1-3H3;4-7,14-15H,2-3,8-13H2,1H3;2-7H,8-13H2,1H3. The van der Waals surface area contributed by atoms with E-state index in [1.165, 1.54) is 66.0 Å². The number of alkyl halides is 15. The van der Waals surface area contributed by atoms with Crippen molar-refractivity contribution in [3.8, 4) is 28.7 Å². The van der Waals surface area contributed by atoms with Crippen LogP contribution in [0, 0.1) is 11.6 Å². The first-order chi connectivity index (χ1) is 64.2. The summed E-state index contributed by atoms with van der Waals surface area (Å²) >= 11 is 0. The van der Waals surface area contributed by atoms with E-state index in [0.717, 1.165) is 21.3 Å². The fraction of sp³-hybridized carbons (Fsp3) is 0.526. The molecular weight excluding hydrogens is 1820 g/mol. The van der Waals surface area contributed by atoms with Crippen LogP contribution < -0.4 is 23.7 Å². The van der Waals surface area contributed by atoms with E-state index in [1.807, 2.05) is 66.9 Å². The van der Waals surface area contributed by atoms with Gasteiger partial charge in [0.15, 0.2) is 23.0 Å². The number of likely N-dealkylation sites (tertiary alicyclic amines) is 4. The van der Waals surface area contributed by atoms with Crippen molar-refractivity contribution in [1.29, 1.82) is 0 Å². The molecule has 8 aliphatic heterocycles. The number of hydrogen-bond acceptors (Lipinski definition) is 16.